The normalized spacial score (nSPS) is 18.4. The van der Waals surface area contributed by atoms with Crippen molar-refractivity contribution in [3.8, 4) is 0 Å². The monoisotopic (exact) mass is 416 g/mol. The highest BCUT2D eigenvalue weighted by Crippen LogP contribution is 2.46. The molecule has 1 aliphatic rings. The Hall–Kier alpha value is 0.0869. The topological polar surface area (TPSA) is 35.0 Å². The number of thioether (sulfide) groups is 1. The summed E-state index contributed by atoms with van der Waals surface area (Å²) < 4.78 is 7.84. The Kier molecular flexibility index (Phi) is 6.37. The number of rotatable bonds is 5. The number of aromatic nitrogens is 2. The van der Waals surface area contributed by atoms with Crippen LogP contribution >= 0.6 is 27.7 Å². The molecular formula is C17H29BrN2OSSi. The first-order valence-corrected chi connectivity index (χ1v) is 13.3. The second kappa shape index (κ2) is 7.54. The fourth-order valence-electron chi connectivity index (χ4n) is 2.79. The van der Waals surface area contributed by atoms with Gasteiger partial charge in [0.25, 0.3) is 0 Å². The van der Waals surface area contributed by atoms with Gasteiger partial charge in [-0.3, -0.25) is 0 Å². The minimum absolute atomic E-state index is 0.0849. The average molecular weight is 417 g/mol. The molecule has 0 radical (unpaired) electrons. The van der Waals surface area contributed by atoms with Crippen LogP contribution in [0.1, 0.15) is 58.3 Å². The molecule has 0 spiro atoms. The van der Waals surface area contributed by atoms with Crippen LogP contribution in [0.25, 0.3) is 0 Å². The van der Waals surface area contributed by atoms with Gasteiger partial charge >= 0.3 is 0 Å². The van der Waals surface area contributed by atoms with Crippen LogP contribution in [0.15, 0.2) is 15.8 Å². The lowest BCUT2D eigenvalue weighted by molar-refractivity contribution is 0.115. The van der Waals surface area contributed by atoms with Crippen molar-refractivity contribution in [2.75, 3.05) is 6.26 Å². The molecule has 1 aliphatic carbocycles. The second-order valence-corrected chi connectivity index (χ2v) is 14.3. The fraction of sp³-hybridized carbons (Fsp3) is 0.765. The molecule has 1 aromatic rings. The SMILES string of the molecule is CSc1ncc(Br)c(C(O[Si](C)(C)C(C)(C)C)C2CCCC2)n1. The summed E-state index contributed by atoms with van der Waals surface area (Å²) in [6.45, 7) is 11.6. The Balaban J connectivity index is 2.39. The van der Waals surface area contributed by atoms with E-state index in [-0.39, 0.29) is 11.1 Å². The van der Waals surface area contributed by atoms with E-state index in [0.29, 0.717) is 5.92 Å². The molecule has 2 rings (SSSR count). The van der Waals surface area contributed by atoms with Crippen LogP contribution in [0.3, 0.4) is 0 Å². The van der Waals surface area contributed by atoms with E-state index in [9.17, 15) is 0 Å². The molecule has 23 heavy (non-hydrogen) atoms. The van der Waals surface area contributed by atoms with Crippen LogP contribution in [0, 0.1) is 5.92 Å². The first-order chi connectivity index (χ1) is 10.7. The van der Waals surface area contributed by atoms with Crippen molar-refractivity contribution >= 4 is 36.0 Å². The van der Waals surface area contributed by atoms with Gasteiger partial charge in [0.05, 0.1) is 16.3 Å². The zero-order valence-corrected chi connectivity index (χ0v) is 18.6. The van der Waals surface area contributed by atoms with Gasteiger partial charge in [0.2, 0.25) is 0 Å². The Morgan fingerprint density at radius 3 is 2.43 bits per heavy atom. The Morgan fingerprint density at radius 2 is 1.91 bits per heavy atom. The minimum atomic E-state index is -1.86. The first kappa shape index (κ1) is 19.4. The molecule has 6 heteroatoms. The summed E-state index contributed by atoms with van der Waals surface area (Å²) in [6.07, 6.45) is 9.08. The van der Waals surface area contributed by atoms with E-state index in [1.165, 1.54) is 25.7 Å². The van der Waals surface area contributed by atoms with E-state index < -0.39 is 8.32 Å². The van der Waals surface area contributed by atoms with E-state index in [1.807, 2.05) is 12.5 Å². The predicted molar refractivity (Wildman–Crippen MR) is 104 cm³/mol. The summed E-state index contributed by atoms with van der Waals surface area (Å²) in [6, 6.07) is 0. The maximum Gasteiger partial charge on any atom is 0.193 e. The average Bonchev–Trinajstić information content (AvgIpc) is 2.98. The standard InChI is InChI=1S/C17H29BrN2OSSi/c1-17(2,3)23(5,6)21-15(12-9-7-8-10-12)14-13(18)11-19-16(20-14)22-4/h11-12,15H,7-10H2,1-6H3. The van der Waals surface area contributed by atoms with Crippen molar-refractivity contribution in [3.63, 3.8) is 0 Å². The molecule has 1 unspecified atom stereocenters. The predicted octanol–water partition coefficient (Wildman–Crippen LogP) is 6.21. The van der Waals surface area contributed by atoms with Gasteiger partial charge in [-0.2, -0.15) is 0 Å². The molecule has 0 aromatic carbocycles. The maximum atomic E-state index is 6.86. The van der Waals surface area contributed by atoms with Gasteiger partial charge in [-0.05, 0) is 59.1 Å². The molecule has 1 heterocycles. The van der Waals surface area contributed by atoms with Gasteiger partial charge in [-0.1, -0.05) is 45.4 Å². The number of halogens is 1. The fourth-order valence-corrected chi connectivity index (χ4v) is 4.85. The third kappa shape index (κ3) is 4.59. The van der Waals surface area contributed by atoms with Crippen molar-refractivity contribution in [1.82, 2.24) is 9.97 Å². The largest absolute Gasteiger partial charge is 0.408 e. The molecule has 0 amide bonds. The van der Waals surface area contributed by atoms with E-state index >= 15 is 0 Å². The lowest BCUT2D eigenvalue weighted by Gasteiger charge is -2.41. The van der Waals surface area contributed by atoms with Crippen molar-refractivity contribution < 1.29 is 4.43 Å². The summed E-state index contributed by atoms with van der Waals surface area (Å²) in [5.74, 6) is 0.574. The molecule has 130 valence electrons. The third-order valence-corrected chi connectivity index (χ3v) is 10.9. The zero-order valence-electron chi connectivity index (χ0n) is 15.1. The smallest absolute Gasteiger partial charge is 0.193 e. The van der Waals surface area contributed by atoms with Gasteiger partial charge in [0.1, 0.15) is 0 Å². The zero-order chi connectivity index (χ0) is 17.3. The third-order valence-electron chi connectivity index (χ3n) is 5.26. The van der Waals surface area contributed by atoms with E-state index in [2.05, 4.69) is 54.8 Å². The van der Waals surface area contributed by atoms with E-state index in [0.717, 1.165) is 15.3 Å². The summed E-state index contributed by atoms with van der Waals surface area (Å²) in [5, 5.41) is 1.02. The molecule has 1 aromatic heterocycles. The molecule has 1 atom stereocenters. The summed E-state index contributed by atoms with van der Waals surface area (Å²) in [5.41, 5.74) is 1.04. The number of hydrogen-bond acceptors (Lipinski definition) is 4. The number of hydrogen-bond donors (Lipinski definition) is 0. The highest BCUT2D eigenvalue weighted by Gasteiger charge is 2.42. The molecule has 0 bridgehead atoms. The van der Waals surface area contributed by atoms with Gasteiger partial charge in [0, 0.05) is 6.20 Å². The lowest BCUT2D eigenvalue weighted by atomic mass is 9.98. The first-order valence-electron chi connectivity index (χ1n) is 8.40. The maximum absolute atomic E-state index is 6.86. The second-order valence-electron chi connectivity index (χ2n) is 7.93. The molecule has 0 N–H and O–H groups in total. The molecule has 0 aliphatic heterocycles. The number of nitrogens with zero attached hydrogens (tertiary/aromatic N) is 2. The van der Waals surface area contributed by atoms with Gasteiger partial charge in [-0.15, -0.1) is 0 Å². The van der Waals surface area contributed by atoms with Crippen LogP contribution in [0.4, 0.5) is 0 Å². The summed E-state index contributed by atoms with van der Waals surface area (Å²) in [7, 11) is -1.86. The minimum Gasteiger partial charge on any atom is -0.408 e. The highest BCUT2D eigenvalue weighted by atomic mass is 79.9. The quantitative estimate of drug-likeness (QED) is 0.324. The van der Waals surface area contributed by atoms with Crippen LogP contribution < -0.4 is 0 Å². The summed E-state index contributed by atoms with van der Waals surface area (Å²) >= 11 is 5.25. The van der Waals surface area contributed by atoms with Crippen molar-refractivity contribution in [3.05, 3.63) is 16.4 Å². The highest BCUT2D eigenvalue weighted by molar-refractivity contribution is 9.10. The van der Waals surface area contributed by atoms with Crippen molar-refractivity contribution in [2.45, 2.75) is 75.8 Å². The Labute approximate surface area is 154 Å². The van der Waals surface area contributed by atoms with Crippen LogP contribution in [0.5, 0.6) is 0 Å². The Morgan fingerprint density at radius 1 is 1.30 bits per heavy atom. The van der Waals surface area contributed by atoms with E-state index in [4.69, 9.17) is 9.41 Å². The van der Waals surface area contributed by atoms with Gasteiger partial charge in [0.15, 0.2) is 13.5 Å². The van der Waals surface area contributed by atoms with E-state index in [1.54, 1.807) is 11.8 Å². The molecular weight excluding hydrogens is 388 g/mol. The van der Waals surface area contributed by atoms with Gasteiger partial charge < -0.3 is 4.43 Å². The molecule has 1 fully saturated rings. The molecule has 0 saturated heterocycles. The Bertz CT molecular complexity index is 542. The van der Waals surface area contributed by atoms with Gasteiger partial charge in [-0.25, -0.2) is 9.97 Å². The van der Waals surface area contributed by atoms with Crippen LogP contribution in [-0.4, -0.2) is 24.5 Å². The van der Waals surface area contributed by atoms with Crippen molar-refractivity contribution in [1.29, 1.82) is 0 Å². The summed E-state index contributed by atoms with van der Waals surface area (Å²) in [4.78, 5) is 9.18. The lowest BCUT2D eigenvalue weighted by Crippen LogP contribution is -2.43. The van der Waals surface area contributed by atoms with Crippen LogP contribution in [-0.2, 0) is 4.43 Å². The molecule has 3 nitrogen and oxygen atoms in total. The molecule has 1 saturated carbocycles. The van der Waals surface area contributed by atoms with Crippen molar-refractivity contribution in [2.24, 2.45) is 5.92 Å². The van der Waals surface area contributed by atoms with Crippen LogP contribution in [0.2, 0.25) is 18.1 Å².